The fraction of sp³-hybridized carbons (Fsp3) is 0.353. The van der Waals surface area contributed by atoms with Crippen LogP contribution in [0.1, 0.15) is 32.9 Å². The highest BCUT2D eigenvalue weighted by Crippen LogP contribution is 2.19. The number of carboxylic acid groups (broad SMARTS) is 1. The van der Waals surface area contributed by atoms with Gasteiger partial charge in [0, 0.05) is 17.9 Å². The van der Waals surface area contributed by atoms with Crippen LogP contribution in [-0.4, -0.2) is 34.4 Å². The minimum atomic E-state index is -0.948. The Labute approximate surface area is 144 Å². The van der Waals surface area contributed by atoms with Crippen LogP contribution in [0.15, 0.2) is 28.8 Å². The highest BCUT2D eigenvalue weighted by molar-refractivity contribution is 7.99. The molecule has 1 amide bonds. The molecule has 7 heteroatoms. The number of carboxylic acids is 1. The second-order valence-electron chi connectivity index (χ2n) is 5.40. The molecule has 0 saturated heterocycles. The van der Waals surface area contributed by atoms with Crippen LogP contribution in [0.25, 0.3) is 0 Å². The molecule has 0 bridgehead atoms. The van der Waals surface area contributed by atoms with E-state index in [9.17, 15) is 9.59 Å². The zero-order chi connectivity index (χ0) is 17.5. The van der Waals surface area contributed by atoms with Gasteiger partial charge in [-0.2, -0.15) is 0 Å². The molecule has 0 aliphatic rings. The molecular formula is C17H20N2O4S. The summed E-state index contributed by atoms with van der Waals surface area (Å²) in [7, 11) is 0. The normalized spacial score (nSPS) is 10.6. The van der Waals surface area contributed by atoms with Gasteiger partial charge in [-0.25, -0.2) is 4.79 Å². The summed E-state index contributed by atoms with van der Waals surface area (Å²) < 4.78 is 5.09. The first-order chi connectivity index (χ1) is 11.5. The van der Waals surface area contributed by atoms with Crippen molar-refractivity contribution in [1.82, 2.24) is 10.5 Å². The highest BCUT2D eigenvalue weighted by atomic mass is 32.2. The van der Waals surface area contributed by atoms with Crippen LogP contribution in [-0.2, 0) is 17.0 Å². The Balaban J connectivity index is 1.70. The number of carbonyl (C=O) groups is 2. The molecule has 128 valence electrons. The van der Waals surface area contributed by atoms with Gasteiger partial charge in [0.25, 0.3) is 0 Å². The van der Waals surface area contributed by atoms with Crippen molar-refractivity contribution in [3.05, 3.63) is 52.4 Å². The molecular weight excluding hydrogens is 328 g/mol. The van der Waals surface area contributed by atoms with Crippen molar-refractivity contribution in [2.45, 2.75) is 26.0 Å². The molecule has 0 atom stereocenters. The van der Waals surface area contributed by atoms with Crippen LogP contribution < -0.4 is 5.32 Å². The Morgan fingerprint density at radius 3 is 2.79 bits per heavy atom. The number of carbonyl (C=O) groups excluding carboxylic acids is 1. The standard InChI is InChI=1S/C17H20N2O4S/c1-11-15(12(2)23-19-11)9-24-10-16(20)18-7-6-13-4-3-5-14(8-13)17(21)22/h3-5,8H,6-7,9-10H2,1-2H3,(H,18,20)(H,21,22). The number of nitrogens with one attached hydrogen (secondary N) is 1. The third-order valence-corrected chi connectivity index (χ3v) is 4.53. The summed E-state index contributed by atoms with van der Waals surface area (Å²) in [5.41, 5.74) is 3.05. The Bertz CT molecular complexity index is 708. The van der Waals surface area contributed by atoms with Gasteiger partial charge in [0.05, 0.1) is 17.0 Å². The lowest BCUT2D eigenvalue weighted by molar-refractivity contribution is -0.118. The molecule has 0 fully saturated rings. The van der Waals surface area contributed by atoms with E-state index in [-0.39, 0.29) is 11.5 Å². The number of hydrogen-bond donors (Lipinski definition) is 2. The van der Waals surface area contributed by atoms with E-state index in [1.54, 1.807) is 18.2 Å². The monoisotopic (exact) mass is 348 g/mol. The number of aromatic nitrogens is 1. The summed E-state index contributed by atoms with van der Waals surface area (Å²) >= 11 is 1.51. The van der Waals surface area contributed by atoms with Gasteiger partial charge in [-0.15, -0.1) is 11.8 Å². The van der Waals surface area contributed by atoms with Gasteiger partial charge in [-0.05, 0) is 38.0 Å². The van der Waals surface area contributed by atoms with E-state index >= 15 is 0 Å². The van der Waals surface area contributed by atoms with E-state index in [0.29, 0.717) is 24.5 Å². The topological polar surface area (TPSA) is 92.4 Å². The number of aromatic carboxylic acids is 1. The molecule has 2 rings (SSSR count). The minimum Gasteiger partial charge on any atom is -0.478 e. The second kappa shape index (κ2) is 8.54. The lowest BCUT2D eigenvalue weighted by atomic mass is 10.1. The fourth-order valence-electron chi connectivity index (χ4n) is 2.21. The highest BCUT2D eigenvalue weighted by Gasteiger charge is 2.10. The van der Waals surface area contributed by atoms with Crippen molar-refractivity contribution in [3.8, 4) is 0 Å². The van der Waals surface area contributed by atoms with Crippen LogP contribution >= 0.6 is 11.8 Å². The van der Waals surface area contributed by atoms with E-state index in [0.717, 1.165) is 22.6 Å². The lowest BCUT2D eigenvalue weighted by Gasteiger charge is -2.06. The van der Waals surface area contributed by atoms with Crippen LogP contribution in [0.3, 0.4) is 0 Å². The summed E-state index contributed by atoms with van der Waals surface area (Å²) in [4.78, 5) is 22.8. The zero-order valence-corrected chi connectivity index (χ0v) is 14.5. The molecule has 6 nitrogen and oxygen atoms in total. The SMILES string of the molecule is Cc1noc(C)c1CSCC(=O)NCCc1cccc(C(=O)O)c1. The first-order valence-electron chi connectivity index (χ1n) is 7.56. The summed E-state index contributed by atoms with van der Waals surface area (Å²) in [6.45, 7) is 4.23. The average Bonchev–Trinajstić information content (AvgIpc) is 2.87. The molecule has 0 saturated carbocycles. The number of aryl methyl sites for hydroxylation is 2. The Morgan fingerprint density at radius 2 is 2.12 bits per heavy atom. The maximum absolute atomic E-state index is 11.8. The molecule has 0 unspecified atom stereocenters. The molecule has 1 heterocycles. The predicted molar refractivity (Wildman–Crippen MR) is 92.3 cm³/mol. The van der Waals surface area contributed by atoms with Crippen LogP contribution in [0.2, 0.25) is 0 Å². The first kappa shape index (κ1) is 18.1. The average molecular weight is 348 g/mol. The molecule has 2 N–H and O–H groups in total. The van der Waals surface area contributed by atoms with Gasteiger partial charge in [0.1, 0.15) is 5.76 Å². The molecule has 0 radical (unpaired) electrons. The number of thioether (sulfide) groups is 1. The summed E-state index contributed by atoms with van der Waals surface area (Å²) in [5, 5.41) is 15.7. The molecule has 1 aromatic heterocycles. The van der Waals surface area contributed by atoms with Crippen molar-refractivity contribution in [3.63, 3.8) is 0 Å². The van der Waals surface area contributed by atoms with Crippen molar-refractivity contribution >= 4 is 23.6 Å². The number of benzene rings is 1. The van der Waals surface area contributed by atoms with Gasteiger partial charge in [-0.3, -0.25) is 4.79 Å². The summed E-state index contributed by atoms with van der Waals surface area (Å²) in [5.74, 6) is 0.852. The third-order valence-electron chi connectivity index (χ3n) is 3.57. The molecule has 1 aromatic carbocycles. The van der Waals surface area contributed by atoms with Crippen LogP contribution in [0.5, 0.6) is 0 Å². The van der Waals surface area contributed by atoms with E-state index in [1.807, 2.05) is 19.9 Å². The predicted octanol–water partition coefficient (Wildman–Crippen LogP) is 2.58. The number of amides is 1. The van der Waals surface area contributed by atoms with E-state index in [4.69, 9.17) is 9.63 Å². The van der Waals surface area contributed by atoms with Crippen molar-refractivity contribution in [2.75, 3.05) is 12.3 Å². The van der Waals surface area contributed by atoms with E-state index in [1.165, 1.54) is 11.8 Å². The lowest BCUT2D eigenvalue weighted by Crippen LogP contribution is -2.27. The van der Waals surface area contributed by atoms with Crippen molar-refractivity contribution < 1.29 is 19.2 Å². The van der Waals surface area contributed by atoms with Crippen molar-refractivity contribution in [2.24, 2.45) is 0 Å². The van der Waals surface area contributed by atoms with Crippen LogP contribution in [0, 0.1) is 13.8 Å². The first-order valence-corrected chi connectivity index (χ1v) is 8.71. The van der Waals surface area contributed by atoms with Crippen molar-refractivity contribution in [1.29, 1.82) is 0 Å². The quantitative estimate of drug-likeness (QED) is 0.762. The maximum atomic E-state index is 11.8. The largest absolute Gasteiger partial charge is 0.478 e. The van der Waals surface area contributed by atoms with E-state index in [2.05, 4.69) is 10.5 Å². The number of nitrogens with zero attached hydrogens (tertiary/aromatic N) is 1. The Kier molecular flexibility index (Phi) is 6.43. The number of hydrogen-bond acceptors (Lipinski definition) is 5. The molecule has 0 aliphatic carbocycles. The van der Waals surface area contributed by atoms with Gasteiger partial charge in [-0.1, -0.05) is 17.3 Å². The van der Waals surface area contributed by atoms with E-state index < -0.39 is 5.97 Å². The minimum absolute atomic E-state index is 0.0406. The maximum Gasteiger partial charge on any atom is 0.335 e. The molecule has 0 spiro atoms. The van der Waals surface area contributed by atoms with Crippen LogP contribution in [0.4, 0.5) is 0 Å². The van der Waals surface area contributed by atoms with Gasteiger partial charge >= 0.3 is 5.97 Å². The molecule has 24 heavy (non-hydrogen) atoms. The summed E-state index contributed by atoms with van der Waals surface area (Å²) in [6.07, 6.45) is 0.599. The third kappa shape index (κ3) is 5.13. The zero-order valence-electron chi connectivity index (χ0n) is 13.7. The number of rotatable bonds is 8. The molecule has 2 aromatic rings. The Morgan fingerprint density at radius 1 is 1.33 bits per heavy atom. The fourth-order valence-corrected chi connectivity index (χ4v) is 3.22. The van der Waals surface area contributed by atoms with Gasteiger partial charge in [0.2, 0.25) is 5.91 Å². The van der Waals surface area contributed by atoms with Gasteiger partial charge in [0.15, 0.2) is 0 Å². The second-order valence-corrected chi connectivity index (χ2v) is 6.39. The smallest absolute Gasteiger partial charge is 0.335 e. The van der Waals surface area contributed by atoms with Gasteiger partial charge < -0.3 is 14.9 Å². The summed E-state index contributed by atoms with van der Waals surface area (Å²) in [6, 6.07) is 6.74. The molecule has 0 aliphatic heterocycles. The Hall–Kier alpha value is -2.28.